The Bertz CT molecular complexity index is 674. The van der Waals surface area contributed by atoms with Gasteiger partial charge in [0.05, 0.1) is 11.2 Å². The van der Waals surface area contributed by atoms with Crippen molar-refractivity contribution in [2.45, 2.75) is 45.3 Å². The summed E-state index contributed by atoms with van der Waals surface area (Å²) in [6.07, 6.45) is -3.00. The number of nitrogens with two attached hydrogens (primary N) is 1. The largest absolute Gasteiger partial charge is 0.573 e. The maximum Gasteiger partial charge on any atom is 0.573 e. The number of hydrogen-bond acceptors (Lipinski definition) is 5. The summed E-state index contributed by atoms with van der Waals surface area (Å²) in [6.45, 7) is 8.25. The van der Waals surface area contributed by atoms with Crippen LogP contribution in [-0.4, -0.2) is 38.3 Å². The van der Waals surface area contributed by atoms with Gasteiger partial charge in [0.15, 0.2) is 0 Å². The molecule has 1 fully saturated rings. The zero-order chi connectivity index (χ0) is 19.8. The summed E-state index contributed by atoms with van der Waals surface area (Å²) < 4.78 is 52.9. The molecule has 9 heteroatoms. The van der Waals surface area contributed by atoms with Crippen molar-refractivity contribution in [3.8, 4) is 5.75 Å². The first-order valence-electron chi connectivity index (χ1n) is 8.20. The van der Waals surface area contributed by atoms with E-state index in [1.54, 1.807) is 13.1 Å². The zero-order valence-electron chi connectivity index (χ0n) is 15.5. The fourth-order valence-electron chi connectivity index (χ4n) is 2.48. The van der Waals surface area contributed by atoms with Gasteiger partial charge in [-0.1, -0.05) is 6.08 Å². The van der Waals surface area contributed by atoms with Crippen LogP contribution in [0, 0.1) is 0 Å². The minimum atomic E-state index is -4.76. The molecule has 0 radical (unpaired) electrons. The lowest BCUT2D eigenvalue weighted by atomic mass is 9.77. The molecule has 1 aromatic rings. The highest BCUT2D eigenvalue weighted by atomic mass is 19.4. The molecule has 0 amide bonds. The smallest absolute Gasteiger partial charge is 0.406 e. The van der Waals surface area contributed by atoms with Gasteiger partial charge in [0.2, 0.25) is 0 Å². The molecule has 1 aromatic carbocycles. The topological polar surface area (TPSA) is 65.7 Å². The van der Waals surface area contributed by atoms with Gasteiger partial charge in [0.25, 0.3) is 0 Å². The molecule has 2 rings (SSSR count). The van der Waals surface area contributed by atoms with Crippen molar-refractivity contribution >= 4 is 18.9 Å². The second-order valence-electron chi connectivity index (χ2n) is 7.18. The molecule has 5 nitrogen and oxygen atoms in total. The Labute approximate surface area is 151 Å². The molecule has 0 bridgehead atoms. The van der Waals surface area contributed by atoms with Crippen molar-refractivity contribution in [1.82, 2.24) is 5.32 Å². The Balaban J connectivity index is 2.29. The van der Waals surface area contributed by atoms with E-state index in [4.69, 9.17) is 15.0 Å². The highest BCUT2D eigenvalue weighted by molar-refractivity contribution is 6.56. The Morgan fingerprint density at radius 3 is 2.27 bits per heavy atom. The molecular weight excluding hydrogens is 348 g/mol. The van der Waals surface area contributed by atoms with Crippen LogP contribution in [0.1, 0.15) is 33.3 Å². The predicted octanol–water partition coefficient (Wildman–Crippen LogP) is 3.40. The Morgan fingerprint density at radius 1 is 1.23 bits per heavy atom. The van der Waals surface area contributed by atoms with Crippen molar-refractivity contribution in [3.05, 3.63) is 29.2 Å². The van der Waals surface area contributed by atoms with Gasteiger partial charge < -0.3 is 25.1 Å². The summed E-state index contributed by atoms with van der Waals surface area (Å²) in [5.74, 6) is -0.363. The average Bonchev–Trinajstić information content (AvgIpc) is 2.67. The molecule has 0 aliphatic carbocycles. The summed E-state index contributed by atoms with van der Waals surface area (Å²) in [6, 6.07) is 3.83. The zero-order valence-corrected chi connectivity index (χ0v) is 15.5. The van der Waals surface area contributed by atoms with Crippen molar-refractivity contribution in [2.75, 3.05) is 19.3 Å². The van der Waals surface area contributed by atoms with Crippen molar-refractivity contribution in [1.29, 1.82) is 0 Å². The van der Waals surface area contributed by atoms with E-state index in [-0.39, 0.29) is 11.4 Å². The predicted molar refractivity (Wildman–Crippen MR) is 95.5 cm³/mol. The minimum absolute atomic E-state index is 0.164. The third-order valence-electron chi connectivity index (χ3n) is 4.57. The standard InChI is InChI=1S/C17H24BF3N2O3/c1-15(2)16(3,4)26-18(25-15)12(10-23-5)8-11-6-7-13(9-14(11)22)24-17(19,20)21/h6-9,23H,10,22H2,1-5H3. The maximum atomic E-state index is 12.3. The number of ether oxygens (including phenoxy) is 1. The second-order valence-corrected chi connectivity index (χ2v) is 7.18. The third kappa shape index (κ3) is 4.72. The van der Waals surface area contributed by atoms with Gasteiger partial charge >= 0.3 is 13.5 Å². The molecule has 0 spiro atoms. The molecule has 26 heavy (non-hydrogen) atoms. The molecule has 1 heterocycles. The number of rotatable bonds is 5. The van der Waals surface area contributed by atoms with Crippen LogP contribution in [0.15, 0.2) is 23.7 Å². The van der Waals surface area contributed by atoms with Crippen LogP contribution in [0.4, 0.5) is 18.9 Å². The van der Waals surface area contributed by atoms with Gasteiger partial charge in [-0.2, -0.15) is 0 Å². The molecule has 0 unspecified atom stereocenters. The van der Waals surface area contributed by atoms with Gasteiger partial charge in [-0.25, -0.2) is 0 Å². The maximum absolute atomic E-state index is 12.3. The first-order valence-corrected chi connectivity index (χ1v) is 8.20. The monoisotopic (exact) mass is 372 g/mol. The van der Waals surface area contributed by atoms with Gasteiger partial charge in [-0.05, 0) is 57.9 Å². The number of likely N-dealkylation sites (N-methyl/N-ethyl adjacent to an activating group) is 1. The number of benzene rings is 1. The highest BCUT2D eigenvalue weighted by Crippen LogP contribution is 2.39. The van der Waals surface area contributed by atoms with Gasteiger partial charge in [0.1, 0.15) is 5.75 Å². The Hall–Kier alpha value is -1.71. The summed E-state index contributed by atoms with van der Waals surface area (Å²) in [5, 5.41) is 3.04. The van der Waals surface area contributed by atoms with Crippen LogP contribution in [0.5, 0.6) is 5.75 Å². The number of nitrogens with one attached hydrogen (secondary N) is 1. The first kappa shape index (κ1) is 20.6. The SMILES string of the molecule is CNCC(=Cc1ccc(OC(F)(F)F)cc1N)B1OC(C)(C)C(C)(C)O1. The average molecular weight is 372 g/mol. The van der Waals surface area contributed by atoms with Crippen molar-refractivity contribution < 1.29 is 27.2 Å². The van der Waals surface area contributed by atoms with E-state index >= 15 is 0 Å². The van der Waals surface area contributed by atoms with Gasteiger partial charge in [-0.15, -0.1) is 13.2 Å². The van der Waals surface area contributed by atoms with Crippen LogP contribution in [0.3, 0.4) is 0 Å². The molecule has 0 saturated carbocycles. The minimum Gasteiger partial charge on any atom is -0.406 e. The summed E-state index contributed by atoms with van der Waals surface area (Å²) in [4.78, 5) is 0. The van der Waals surface area contributed by atoms with Crippen LogP contribution < -0.4 is 15.8 Å². The lowest BCUT2D eigenvalue weighted by molar-refractivity contribution is -0.274. The molecule has 0 aromatic heterocycles. The molecule has 0 atom stereocenters. The Kier molecular flexibility index (Phi) is 5.65. The van der Waals surface area contributed by atoms with Gasteiger partial charge in [0, 0.05) is 18.3 Å². The van der Waals surface area contributed by atoms with E-state index < -0.39 is 24.7 Å². The Morgan fingerprint density at radius 2 is 1.81 bits per heavy atom. The van der Waals surface area contributed by atoms with E-state index in [9.17, 15) is 13.2 Å². The number of anilines is 1. The first-order chi connectivity index (χ1) is 11.8. The van der Waals surface area contributed by atoms with Crippen LogP contribution >= 0.6 is 0 Å². The van der Waals surface area contributed by atoms with Crippen molar-refractivity contribution in [2.24, 2.45) is 0 Å². The van der Waals surface area contributed by atoms with E-state index in [1.807, 2.05) is 27.7 Å². The third-order valence-corrected chi connectivity index (χ3v) is 4.57. The molecular formula is C17H24BF3N2O3. The highest BCUT2D eigenvalue weighted by Gasteiger charge is 2.52. The second kappa shape index (κ2) is 7.13. The van der Waals surface area contributed by atoms with Gasteiger partial charge in [-0.3, -0.25) is 0 Å². The molecule has 144 valence electrons. The number of nitrogen functional groups attached to an aromatic ring is 1. The van der Waals surface area contributed by atoms with E-state index in [2.05, 4.69) is 10.1 Å². The number of halogens is 3. The van der Waals surface area contributed by atoms with Crippen LogP contribution in [-0.2, 0) is 9.31 Å². The lowest BCUT2D eigenvalue weighted by Gasteiger charge is -2.32. The number of hydrogen-bond donors (Lipinski definition) is 2. The van der Waals surface area contributed by atoms with E-state index in [0.717, 1.165) is 11.5 Å². The lowest BCUT2D eigenvalue weighted by Crippen LogP contribution is -2.41. The summed E-state index contributed by atoms with van der Waals surface area (Å²) in [7, 11) is 1.20. The fraction of sp³-hybridized carbons (Fsp3) is 0.529. The quantitative estimate of drug-likeness (QED) is 0.613. The van der Waals surface area contributed by atoms with Crippen LogP contribution in [0.2, 0.25) is 0 Å². The summed E-state index contributed by atoms with van der Waals surface area (Å²) >= 11 is 0. The number of alkyl halides is 3. The van der Waals surface area contributed by atoms with Crippen molar-refractivity contribution in [3.63, 3.8) is 0 Å². The summed E-state index contributed by atoms with van der Waals surface area (Å²) in [5.41, 5.74) is 6.40. The fourth-order valence-corrected chi connectivity index (χ4v) is 2.48. The molecule has 1 saturated heterocycles. The molecule has 1 aliphatic rings. The normalized spacial score (nSPS) is 19.7. The van der Waals surface area contributed by atoms with E-state index in [0.29, 0.717) is 12.1 Å². The van der Waals surface area contributed by atoms with Crippen LogP contribution in [0.25, 0.3) is 6.08 Å². The molecule has 1 aliphatic heterocycles. The van der Waals surface area contributed by atoms with E-state index in [1.165, 1.54) is 12.1 Å². The molecule has 3 N–H and O–H groups in total.